The molecule has 0 unspecified atom stereocenters. The molecule has 1 spiro atoms. The highest BCUT2D eigenvalue weighted by atomic mass is 35.5. The van der Waals surface area contributed by atoms with Gasteiger partial charge in [-0.15, -0.1) is 0 Å². The summed E-state index contributed by atoms with van der Waals surface area (Å²) >= 11 is 6.05. The van der Waals surface area contributed by atoms with Crippen molar-refractivity contribution in [1.29, 1.82) is 0 Å². The Labute approximate surface area is 148 Å². The molecule has 24 heavy (non-hydrogen) atoms. The molecule has 0 aromatic heterocycles. The maximum absolute atomic E-state index is 12.8. The van der Waals surface area contributed by atoms with Gasteiger partial charge in [-0.25, -0.2) is 8.57 Å². The summed E-state index contributed by atoms with van der Waals surface area (Å²) in [4.78, 5) is 14.7. The first-order valence-corrected chi connectivity index (χ1v) is 10.4. The lowest BCUT2D eigenvalue weighted by atomic mass is 9.94. The van der Waals surface area contributed by atoms with Crippen molar-refractivity contribution in [3.8, 4) is 0 Å². The summed E-state index contributed by atoms with van der Waals surface area (Å²) in [7, 11) is -0.451. The van der Waals surface area contributed by atoms with E-state index in [4.69, 9.17) is 16.3 Å². The summed E-state index contributed by atoms with van der Waals surface area (Å²) in [6.45, 7) is 3.54. The zero-order valence-corrected chi connectivity index (χ0v) is 15.7. The highest BCUT2D eigenvalue weighted by Gasteiger charge is 2.42. The van der Waals surface area contributed by atoms with Gasteiger partial charge in [0.05, 0.1) is 18.8 Å². The summed E-state index contributed by atoms with van der Waals surface area (Å²) < 4.78 is 22.5. The number of carbonyl (C=O) groups excluding carboxylic acids is 1. The molecule has 132 valence electrons. The molecule has 5 nitrogen and oxygen atoms in total. The average molecular weight is 371 g/mol. The Morgan fingerprint density at radius 3 is 2.71 bits per heavy atom. The molecule has 2 fully saturated rings. The van der Waals surface area contributed by atoms with Crippen LogP contribution in [0, 0.1) is 6.92 Å². The van der Waals surface area contributed by atoms with E-state index in [2.05, 4.69) is 4.36 Å². The standard InChI is InChI=1S/C17H23ClN2O3S/c1-13-11-14(3-4-15(13)18)16(21)20-7-8-23-17(12-20)5-9-24(22,19-2)10-6-17/h3-4,11H,5-10,12H2,1-2H3. The van der Waals surface area contributed by atoms with E-state index in [0.29, 0.717) is 54.6 Å². The average Bonchev–Trinajstić information content (AvgIpc) is 2.60. The van der Waals surface area contributed by atoms with Crippen LogP contribution in [0.3, 0.4) is 0 Å². The number of ether oxygens (including phenoxy) is 1. The molecule has 1 aromatic carbocycles. The molecule has 0 N–H and O–H groups in total. The number of morpholine rings is 1. The van der Waals surface area contributed by atoms with Gasteiger partial charge in [0.25, 0.3) is 5.91 Å². The SMILES string of the molecule is CN=S1(=O)CCC2(CC1)CN(C(=O)c1ccc(Cl)c(C)c1)CCO2. The van der Waals surface area contributed by atoms with Crippen LogP contribution in [0.25, 0.3) is 0 Å². The van der Waals surface area contributed by atoms with Crippen LogP contribution in [0.5, 0.6) is 0 Å². The zero-order chi connectivity index (χ0) is 17.4. The highest BCUT2D eigenvalue weighted by Crippen LogP contribution is 2.32. The van der Waals surface area contributed by atoms with Gasteiger partial charge in [0, 0.05) is 45.4 Å². The van der Waals surface area contributed by atoms with E-state index < -0.39 is 9.73 Å². The third-order valence-electron chi connectivity index (χ3n) is 5.03. The molecule has 7 heteroatoms. The molecule has 1 amide bonds. The Kier molecular flexibility index (Phi) is 4.91. The van der Waals surface area contributed by atoms with E-state index in [1.807, 2.05) is 17.9 Å². The lowest BCUT2D eigenvalue weighted by Crippen LogP contribution is -2.56. The number of benzene rings is 1. The molecule has 1 aromatic rings. The number of aryl methyl sites for hydroxylation is 1. The number of amides is 1. The van der Waals surface area contributed by atoms with Crippen molar-refractivity contribution in [1.82, 2.24) is 4.90 Å². The van der Waals surface area contributed by atoms with E-state index in [9.17, 15) is 9.00 Å². The van der Waals surface area contributed by atoms with E-state index in [-0.39, 0.29) is 11.5 Å². The first kappa shape index (κ1) is 17.7. The fourth-order valence-corrected chi connectivity index (χ4v) is 5.45. The van der Waals surface area contributed by atoms with Crippen LogP contribution >= 0.6 is 11.6 Å². The van der Waals surface area contributed by atoms with Gasteiger partial charge in [-0.2, -0.15) is 0 Å². The van der Waals surface area contributed by atoms with E-state index in [0.717, 1.165) is 5.56 Å². The normalized spacial score (nSPS) is 30.4. The summed E-state index contributed by atoms with van der Waals surface area (Å²) in [6, 6.07) is 5.36. The monoisotopic (exact) mass is 370 g/mol. The molecule has 0 aliphatic carbocycles. The minimum atomic E-state index is -2.08. The molecule has 0 saturated carbocycles. The van der Waals surface area contributed by atoms with Crippen LogP contribution in [0.1, 0.15) is 28.8 Å². The molecule has 2 aliphatic rings. The third kappa shape index (κ3) is 3.46. The van der Waals surface area contributed by atoms with Crippen LogP contribution in [0.4, 0.5) is 0 Å². The van der Waals surface area contributed by atoms with Crippen LogP contribution in [0.2, 0.25) is 5.02 Å². The lowest BCUT2D eigenvalue weighted by Gasteiger charge is -2.45. The fourth-order valence-electron chi connectivity index (χ4n) is 3.38. The van der Waals surface area contributed by atoms with Crippen molar-refractivity contribution in [2.24, 2.45) is 4.36 Å². The van der Waals surface area contributed by atoms with E-state index >= 15 is 0 Å². The van der Waals surface area contributed by atoms with Crippen LogP contribution in [-0.2, 0) is 14.5 Å². The Morgan fingerprint density at radius 2 is 2.08 bits per heavy atom. The molecule has 3 rings (SSSR count). The maximum Gasteiger partial charge on any atom is 0.254 e. The maximum atomic E-state index is 12.8. The minimum Gasteiger partial charge on any atom is -0.371 e. The molecule has 2 aliphatic heterocycles. The largest absolute Gasteiger partial charge is 0.371 e. The van der Waals surface area contributed by atoms with E-state index in [1.165, 1.54) is 0 Å². The Morgan fingerprint density at radius 1 is 1.38 bits per heavy atom. The first-order chi connectivity index (χ1) is 11.4. The predicted octanol–water partition coefficient (Wildman–Crippen LogP) is 2.75. The van der Waals surface area contributed by atoms with Crippen molar-refractivity contribution in [2.45, 2.75) is 25.4 Å². The molecule has 0 radical (unpaired) electrons. The van der Waals surface area contributed by atoms with Gasteiger partial charge in [0.15, 0.2) is 0 Å². The number of carbonyl (C=O) groups is 1. The summed E-state index contributed by atoms with van der Waals surface area (Å²) in [5.41, 5.74) is 1.17. The van der Waals surface area contributed by atoms with Gasteiger partial charge in [-0.3, -0.25) is 4.79 Å². The predicted molar refractivity (Wildman–Crippen MR) is 96.2 cm³/mol. The van der Waals surface area contributed by atoms with Crippen LogP contribution in [0.15, 0.2) is 22.6 Å². The van der Waals surface area contributed by atoms with E-state index in [1.54, 1.807) is 19.2 Å². The molecule has 0 bridgehead atoms. The molecular weight excluding hydrogens is 348 g/mol. The second-order valence-electron chi connectivity index (χ2n) is 6.59. The van der Waals surface area contributed by atoms with Gasteiger partial charge in [-0.05, 0) is 43.5 Å². The summed E-state index contributed by atoms with van der Waals surface area (Å²) in [5, 5.41) is 0.662. The molecule has 2 saturated heterocycles. The number of nitrogens with zero attached hydrogens (tertiary/aromatic N) is 2. The van der Waals surface area contributed by atoms with Crippen molar-refractivity contribution in [2.75, 3.05) is 38.2 Å². The van der Waals surface area contributed by atoms with Gasteiger partial charge in [-0.1, -0.05) is 11.6 Å². The summed E-state index contributed by atoms with van der Waals surface area (Å²) in [6.07, 6.45) is 1.37. The zero-order valence-electron chi connectivity index (χ0n) is 14.1. The Balaban J connectivity index is 1.75. The molecule has 0 atom stereocenters. The number of hydrogen-bond donors (Lipinski definition) is 0. The van der Waals surface area contributed by atoms with Crippen LogP contribution in [-0.4, -0.2) is 58.9 Å². The van der Waals surface area contributed by atoms with Gasteiger partial charge in [0.1, 0.15) is 0 Å². The Hall–Kier alpha value is -1.11. The van der Waals surface area contributed by atoms with Gasteiger partial charge < -0.3 is 9.64 Å². The van der Waals surface area contributed by atoms with Crippen LogP contribution < -0.4 is 0 Å². The Bertz CT molecular complexity index is 757. The smallest absolute Gasteiger partial charge is 0.254 e. The second-order valence-corrected chi connectivity index (χ2v) is 9.72. The highest BCUT2D eigenvalue weighted by molar-refractivity contribution is 7.93. The number of halogens is 1. The second kappa shape index (κ2) is 6.65. The van der Waals surface area contributed by atoms with Crippen molar-refractivity contribution >= 4 is 27.2 Å². The molecule has 2 heterocycles. The quantitative estimate of drug-likeness (QED) is 0.763. The topological polar surface area (TPSA) is 59.0 Å². The van der Waals surface area contributed by atoms with Crippen molar-refractivity contribution in [3.05, 3.63) is 34.3 Å². The van der Waals surface area contributed by atoms with Gasteiger partial charge in [0.2, 0.25) is 0 Å². The van der Waals surface area contributed by atoms with Crippen molar-refractivity contribution in [3.63, 3.8) is 0 Å². The fraction of sp³-hybridized carbons (Fsp3) is 0.588. The number of rotatable bonds is 1. The minimum absolute atomic E-state index is 0.00364. The lowest BCUT2D eigenvalue weighted by molar-refractivity contribution is -0.104. The summed E-state index contributed by atoms with van der Waals surface area (Å²) in [5.74, 6) is 1.10. The number of hydrogen-bond acceptors (Lipinski definition) is 4. The van der Waals surface area contributed by atoms with Crippen molar-refractivity contribution < 1.29 is 13.7 Å². The first-order valence-electron chi connectivity index (χ1n) is 8.16. The molecular formula is C17H23ClN2O3S. The third-order valence-corrected chi connectivity index (χ3v) is 7.80. The van der Waals surface area contributed by atoms with Gasteiger partial charge >= 0.3 is 0 Å².